The highest BCUT2D eigenvalue weighted by Crippen LogP contribution is 2.25. The number of furan rings is 1. The molecular weight excluding hydrogens is 354 g/mol. The molecule has 6 heteroatoms. The van der Waals surface area contributed by atoms with Crippen molar-refractivity contribution in [2.24, 2.45) is 5.92 Å². The predicted molar refractivity (Wildman–Crippen MR) is 108 cm³/mol. The molecule has 0 spiro atoms. The number of ether oxygens (including phenoxy) is 1. The number of methoxy groups -OCH3 is 1. The Morgan fingerprint density at radius 2 is 2.14 bits per heavy atom. The predicted octanol–water partition coefficient (Wildman–Crippen LogP) is 3.75. The summed E-state index contributed by atoms with van der Waals surface area (Å²) in [7, 11) is 1.64. The first kappa shape index (κ1) is 18.6. The van der Waals surface area contributed by atoms with Crippen LogP contribution in [0.15, 0.2) is 47.1 Å². The Hall–Kier alpha value is -2.73. The summed E-state index contributed by atoms with van der Waals surface area (Å²) in [6.45, 7) is 7.53. The highest BCUT2D eigenvalue weighted by Gasteiger charge is 2.33. The fourth-order valence-electron chi connectivity index (χ4n) is 3.96. The molecule has 28 heavy (non-hydrogen) atoms. The Morgan fingerprint density at radius 1 is 1.29 bits per heavy atom. The Kier molecular flexibility index (Phi) is 5.13. The van der Waals surface area contributed by atoms with E-state index in [9.17, 15) is 4.79 Å². The molecule has 0 unspecified atom stereocenters. The van der Waals surface area contributed by atoms with Crippen LogP contribution in [0, 0.1) is 5.92 Å². The number of aromatic amines is 1. The second-order valence-electron chi connectivity index (χ2n) is 7.76. The van der Waals surface area contributed by atoms with Gasteiger partial charge in [-0.2, -0.15) is 0 Å². The van der Waals surface area contributed by atoms with Crippen molar-refractivity contribution in [3.63, 3.8) is 0 Å². The van der Waals surface area contributed by atoms with Crippen molar-refractivity contribution >= 4 is 16.8 Å². The molecule has 148 valence electrons. The Labute approximate surface area is 165 Å². The van der Waals surface area contributed by atoms with E-state index in [-0.39, 0.29) is 11.9 Å². The van der Waals surface area contributed by atoms with Crippen molar-refractivity contribution in [1.29, 1.82) is 0 Å². The molecule has 0 saturated carbocycles. The summed E-state index contributed by atoms with van der Waals surface area (Å²) in [6.07, 6.45) is 1.71. The van der Waals surface area contributed by atoms with Gasteiger partial charge in [-0.15, -0.1) is 0 Å². The van der Waals surface area contributed by atoms with Gasteiger partial charge in [0.1, 0.15) is 17.2 Å². The van der Waals surface area contributed by atoms with Crippen LogP contribution in [0.3, 0.4) is 0 Å². The Morgan fingerprint density at radius 3 is 2.86 bits per heavy atom. The molecule has 1 fully saturated rings. The van der Waals surface area contributed by atoms with Gasteiger partial charge >= 0.3 is 0 Å². The number of piperazine rings is 1. The molecule has 6 nitrogen and oxygen atoms in total. The number of H-pyrrole nitrogens is 1. The van der Waals surface area contributed by atoms with Crippen LogP contribution < -0.4 is 4.74 Å². The second-order valence-corrected chi connectivity index (χ2v) is 7.76. The number of amides is 1. The fraction of sp³-hybridized carbons (Fsp3) is 0.409. The smallest absolute Gasteiger partial charge is 0.270 e. The normalized spacial score (nSPS) is 18.1. The molecular formula is C22H27N3O3. The monoisotopic (exact) mass is 381 g/mol. The van der Waals surface area contributed by atoms with Crippen molar-refractivity contribution in [1.82, 2.24) is 14.8 Å². The Balaban J connectivity index is 1.53. The molecule has 1 N–H and O–H groups in total. The summed E-state index contributed by atoms with van der Waals surface area (Å²) >= 11 is 0. The molecule has 1 amide bonds. The van der Waals surface area contributed by atoms with E-state index < -0.39 is 0 Å². The minimum absolute atomic E-state index is 0.0616. The molecule has 0 bridgehead atoms. The third-order valence-corrected chi connectivity index (χ3v) is 5.55. The van der Waals surface area contributed by atoms with Crippen LogP contribution >= 0.6 is 0 Å². The van der Waals surface area contributed by atoms with Crippen molar-refractivity contribution in [2.45, 2.75) is 26.4 Å². The van der Waals surface area contributed by atoms with E-state index in [2.05, 4.69) is 23.7 Å². The van der Waals surface area contributed by atoms with E-state index in [1.807, 2.05) is 41.3 Å². The number of nitrogens with one attached hydrogen (secondary N) is 1. The number of nitrogens with zero attached hydrogens (tertiary/aromatic N) is 2. The molecule has 1 aromatic carbocycles. The third-order valence-electron chi connectivity index (χ3n) is 5.55. The summed E-state index contributed by atoms with van der Waals surface area (Å²) in [5.41, 5.74) is 1.55. The average molecular weight is 381 g/mol. The lowest BCUT2D eigenvalue weighted by Crippen LogP contribution is -2.56. The van der Waals surface area contributed by atoms with E-state index in [0.29, 0.717) is 18.2 Å². The summed E-state index contributed by atoms with van der Waals surface area (Å²) in [5.74, 6) is 2.17. The molecule has 0 radical (unpaired) electrons. The average Bonchev–Trinajstić information content (AvgIpc) is 3.36. The molecule has 2 aromatic heterocycles. The number of benzene rings is 1. The molecule has 1 atom stereocenters. The van der Waals surface area contributed by atoms with Crippen molar-refractivity contribution in [3.8, 4) is 5.75 Å². The van der Waals surface area contributed by atoms with Crippen LogP contribution in [0.25, 0.3) is 10.9 Å². The summed E-state index contributed by atoms with van der Waals surface area (Å²) in [5, 5.41) is 1.02. The van der Waals surface area contributed by atoms with Crippen molar-refractivity contribution in [3.05, 3.63) is 54.1 Å². The number of hydrogen-bond acceptors (Lipinski definition) is 4. The maximum Gasteiger partial charge on any atom is 0.270 e. The van der Waals surface area contributed by atoms with E-state index in [0.717, 1.165) is 42.0 Å². The van der Waals surface area contributed by atoms with Crippen LogP contribution in [0.1, 0.15) is 30.1 Å². The number of rotatable bonds is 5. The topological polar surface area (TPSA) is 61.7 Å². The van der Waals surface area contributed by atoms with Gasteiger partial charge in [0.25, 0.3) is 5.91 Å². The van der Waals surface area contributed by atoms with Crippen LogP contribution in [-0.4, -0.2) is 53.5 Å². The first-order valence-electron chi connectivity index (χ1n) is 9.77. The number of carbonyl (C=O) groups excluding carboxylic acids is 1. The zero-order valence-electron chi connectivity index (χ0n) is 16.6. The largest absolute Gasteiger partial charge is 0.497 e. The standard InChI is InChI=1S/C22H27N3O3/c1-15(2)21-14-24(13-18-5-4-10-28-18)8-9-25(21)22(26)20-11-16-6-7-17(27-3)12-19(16)23-20/h4-7,10-12,15,21,23H,8-9,13-14H2,1-3H3/t21-/m1/s1. The van der Waals surface area contributed by atoms with Crippen LogP contribution in [0.5, 0.6) is 5.75 Å². The number of aromatic nitrogens is 1. The van der Waals surface area contributed by atoms with Gasteiger partial charge in [0.05, 0.1) is 19.9 Å². The van der Waals surface area contributed by atoms with E-state index >= 15 is 0 Å². The van der Waals surface area contributed by atoms with Gasteiger partial charge in [0.2, 0.25) is 0 Å². The zero-order chi connectivity index (χ0) is 19.7. The minimum atomic E-state index is 0.0616. The van der Waals surface area contributed by atoms with Gasteiger partial charge in [0.15, 0.2) is 0 Å². The van der Waals surface area contributed by atoms with E-state index in [1.165, 1.54) is 0 Å². The van der Waals surface area contributed by atoms with Crippen LogP contribution in [0.4, 0.5) is 0 Å². The molecule has 3 aromatic rings. The van der Waals surface area contributed by atoms with Crippen LogP contribution in [-0.2, 0) is 6.54 Å². The van der Waals surface area contributed by atoms with Crippen molar-refractivity contribution < 1.29 is 13.9 Å². The van der Waals surface area contributed by atoms with Gasteiger partial charge in [-0.1, -0.05) is 13.8 Å². The van der Waals surface area contributed by atoms with E-state index in [1.54, 1.807) is 13.4 Å². The Bertz CT molecular complexity index is 945. The SMILES string of the molecule is COc1ccc2cc(C(=O)N3CCN(Cc4ccco4)C[C@@H]3C(C)C)[nH]c2c1. The first-order valence-corrected chi connectivity index (χ1v) is 9.77. The summed E-state index contributed by atoms with van der Waals surface area (Å²) in [4.78, 5) is 20.9. The lowest BCUT2D eigenvalue weighted by atomic mass is 9.99. The molecule has 3 heterocycles. The summed E-state index contributed by atoms with van der Waals surface area (Å²) < 4.78 is 10.8. The van der Waals surface area contributed by atoms with Gasteiger partial charge in [-0.25, -0.2) is 0 Å². The van der Waals surface area contributed by atoms with Crippen molar-refractivity contribution in [2.75, 3.05) is 26.7 Å². The maximum absolute atomic E-state index is 13.3. The van der Waals surface area contributed by atoms with E-state index in [4.69, 9.17) is 9.15 Å². The number of fused-ring (bicyclic) bond motifs is 1. The second kappa shape index (κ2) is 7.72. The molecule has 4 rings (SSSR count). The lowest BCUT2D eigenvalue weighted by molar-refractivity contribution is 0.0310. The van der Waals surface area contributed by atoms with Crippen LogP contribution in [0.2, 0.25) is 0 Å². The van der Waals surface area contributed by atoms with Gasteiger partial charge in [-0.3, -0.25) is 9.69 Å². The summed E-state index contributed by atoms with van der Waals surface area (Å²) in [6, 6.07) is 11.8. The third kappa shape index (κ3) is 3.64. The molecule has 1 aliphatic heterocycles. The zero-order valence-corrected chi connectivity index (χ0v) is 16.6. The first-order chi connectivity index (χ1) is 13.5. The highest BCUT2D eigenvalue weighted by atomic mass is 16.5. The number of hydrogen-bond donors (Lipinski definition) is 1. The minimum Gasteiger partial charge on any atom is -0.497 e. The quantitative estimate of drug-likeness (QED) is 0.731. The van der Waals surface area contributed by atoms with Gasteiger partial charge in [0, 0.05) is 42.6 Å². The molecule has 1 saturated heterocycles. The highest BCUT2D eigenvalue weighted by molar-refractivity contribution is 5.98. The lowest BCUT2D eigenvalue weighted by Gasteiger charge is -2.43. The molecule has 0 aliphatic carbocycles. The fourth-order valence-corrected chi connectivity index (χ4v) is 3.96. The van der Waals surface area contributed by atoms with Gasteiger partial charge < -0.3 is 19.0 Å². The van der Waals surface area contributed by atoms with Gasteiger partial charge in [-0.05, 0) is 36.2 Å². The number of carbonyl (C=O) groups is 1. The maximum atomic E-state index is 13.3. The molecule has 1 aliphatic rings.